The first-order valence-corrected chi connectivity index (χ1v) is 11.4. The summed E-state index contributed by atoms with van der Waals surface area (Å²) in [5.74, 6) is -0.849. The Morgan fingerprint density at radius 3 is 2.46 bits per heavy atom. The fraction of sp³-hybridized carbons (Fsp3) is 0.375. The van der Waals surface area contributed by atoms with Crippen LogP contribution in [0.2, 0.25) is 5.02 Å². The second-order valence-electron chi connectivity index (χ2n) is 8.68. The van der Waals surface area contributed by atoms with Crippen molar-refractivity contribution in [2.45, 2.75) is 56.8 Å². The van der Waals surface area contributed by atoms with Gasteiger partial charge in [0.1, 0.15) is 17.1 Å². The molecule has 0 radical (unpaired) electrons. The smallest absolute Gasteiger partial charge is 0.361 e. The third-order valence-electron chi connectivity index (χ3n) is 6.02. The van der Waals surface area contributed by atoms with Crippen LogP contribution < -0.4 is 10.6 Å². The van der Waals surface area contributed by atoms with Gasteiger partial charge in [0.25, 0.3) is 0 Å². The Hall–Kier alpha value is -3.14. The number of carbonyl (C=O) groups excluding carboxylic acids is 1. The standard InChI is InChI=1S/C24H23ClF4N4O2/c1-14-8-20(35-33-14)12-23(21-7-6-17(25)13-30-21,32-22(34)31-19-4-2-3-5-19)15-9-16(24(27,28)29)11-18(26)10-15/h6-11,13,19H,2-5,12H2,1H3,(H2,31,32,34). The fourth-order valence-electron chi connectivity index (χ4n) is 4.40. The Morgan fingerprint density at radius 2 is 1.86 bits per heavy atom. The summed E-state index contributed by atoms with van der Waals surface area (Å²) in [7, 11) is 0. The number of hydrogen-bond acceptors (Lipinski definition) is 4. The van der Waals surface area contributed by atoms with Crippen LogP contribution in [0.5, 0.6) is 0 Å². The number of halogens is 5. The molecule has 11 heteroatoms. The van der Waals surface area contributed by atoms with Gasteiger partial charge in [-0.3, -0.25) is 4.98 Å². The van der Waals surface area contributed by atoms with E-state index in [1.54, 1.807) is 13.0 Å². The number of carbonyl (C=O) groups is 1. The SMILES string of the molecule is Cc1cc(CC(NC(=O)NC2CCCC2)(c2cc(F)cc(C(F)(F)F)c2)c2ccc(Cl)cn2)on1. The summed E-state index contributed by atoms with van der Waals surface area (Å²) in [5.41, 5.74) is -2.41. The molecule has 6 nitrogen and oxygen atoms in total. The number of amides is 2. The average molecular weight is 511 g/mol. The lowest BCUT2D eigenvalue weighted by Gasteiger charge is -2.35. The maximum atomic E-state index is 14.6. The van der Waals surface area contributed by atoms with Gasteiger partial charge in [-0.15, -0.1) is 0 Å². The minimum Gasteiger partial charge on any atom is -0.361 e. The summed E-state index contributed by atoms with van der Waals surface area (Å²) in [4.78, 5) is 17.4. The number of nitrogens with zero attached hydrogens (tertiary/aromatic N) is 2. The van der Waals surface area contributed by atoms with E-state index >= 15 is 0 Å². The highest BCUT2D eigenvalue weighted by Gasteiger charge is 2.42. The number of aromatic nitrogens is 2. The van der Waals surface area contributed by atoms with Crippen molar-refractivity contribution in [2.24, 2.45) is 0 Å². The van der Waals surface area contributed by atoms with Crippen molar-refractivity contribution in [3.05, 3.63) is 81.7 Å². The number of urea groups is 1. The van der Waals surface area contributed by atoms with Crippen molar-refractivity contribution >= 4 is 17.6 Å². The van der Waals surface area contributed by atoms with E-state index in [-0.39, 0.29) is 34.5 Å². The van der Waals surface area contributed by atoms with E-state index in [4.69, 9.17) is 16.1 Å². The van der Waals surface area contributed by atoms with E-state index in [0.29, 0.717) is 11.8 Å². The second kappa shape index (κ2) is 9.85. The predicted octanol–water partition coefficient (Wildman–Crippen LogP) is 5.92. The summed E-state index contributed by atoms with van der Waals surface area (Å²) in [6, 6.07) is 6.01. The summed E-state index contributed by atoms with van der Waals surface area (Å²) in [5, 5.41) is 9.79. The van der Waals surface area contributed by atoms with Gasteiger partial charge < -0.3 is 15.2 Å². The molecule has 2 amide bonds. The molecule has 1 atom stereocenters. The highest BCUT2D eigenvalue weighted by Crippen LogP contribution is 2.38. The Kier molecular flexibility index (Phi) is 7.02. The number of nitrogens with one attached hydrogen (secondary N) is 2. The number of rotatable bonds is 6. The lowest BCUT2D eigenvalue weighted by atomic mass is 9.81. The number of hydrogen-bond donors (Lipinski definition) is 2. The van der Waals surface area contributed by atoms with Gasteiger partial charge in [-0.2, -0.15) is 13.2 Å². The molecular formula is C24H23ClF4N4O2. The lowest BCUT2D eigenvalue weighted by Crippen LogP contribution is -2.54. The highest BCUT2D eigenvalue weighted by atomic mass is 35.5. The summed E-state index contributed by atoms with van der Waals surface area (Å²) >= 11 is 6.00. The van der Waals surface area contributed by atoms with Gasteiger partial charge in [0, 0.05) is 24.7 Å². The van der Waals surface area contributed by atoms with E-state index in [1.165, 1.54) is 18.3 Å². The van der Waals surface area contributed by atoms with Crippen LogP contribution in [0.25, 0.3) is 0 Å². The van der Waals surface area contributed by atoms with Gasteiger partial charge in [0.2, 0.25) is 0 Å². The van der Waals surface area contributed by atoms with Gasteiger partial charge in [-0.1, -0.05) is 29.6 Å². The average Bonchev–Trinajstić information content (AvgIpc) is 3.44. The van der Waals surface area contributed by atoms with Crippen molar-refractivity contribution in [2.75, 3.05) is 0 Å². The normalized spacial score (nSPS) is 16.2. The zero-order valence-electron chi connectivity index (χ0n) is 18.8. The maximum absolute atomic E-state index is 14.6. The molecular weight excluding hydrogens is 488 g/mol. The van der Waals surface area contributed by atoms with Gasteiger partial charge in [-0.05, 0) is 55.7 Å². The predicted molar refractivity (Wildman–Crippen MR) is 120 cm³/mol. The minimum atomic E-state index is -4.81. The third-order valence-corrected chi connectivity index (χ3v) is 6.24. The summed E-state index contributed by atoms with van der Waals surface area (Å²) in [6.07, 6.45) is -0.182. The van der Waals surface area contributed by atoms with Gasteiger partial charge >= 0.3 is 12.2 Å². The molecule has 1 fully saturated rings. The van der Waals surface area contributed by atoms with Crippen LogP contribution in [0.1, 0.15) is 54.0 Å². The highest BCUT2D eigenvalue weighted by molar-refractivity contribution is 6.30. The first-order chi connectivity index (χ1) is 16.5. The number of pyridine rings is 1. The molecule has 0 saturated heterocycles. The molecule has 0 spiro atoms. The molecule has 2 aromatic heterocycles. The van der Waals surface area contributed by atoms with E-state index in [9.17, 15) is 22.4 Å². The molecule has 1 aliphatic carbocycles. The van der Waals surface area contributed by atoms with Crippen molar-refractivity contribution in [1.82, 2.24) is 20.8 Å². The first-order valence-electron chi connectivity index (χ1n) is 11.1. The van der Waals surface area contributed by atoms with Crippen LogP contribution >= 0.6 is 11.6 Å². The van der Waals surface area contributed by atoms with Crippen LogP contribution in [-0.2, 0) is 18.1 Å². The Morgan fingerprint density at radius 1 is 1.14 bits per heavy atom. The zero-order valence-corrected chi connectivity index (χ0v) is 19.5. The second-order valence-corrected chi connectivity index (χ2v) is 9.12. The van der Waals surface area contributed by atoms with Crippen LogP contribution in [0.15, 0.2) is 47.1 Å². The van der Waals surface area contributed by atoms with Crippen LogP contribution in [0.3, 0.4) is 0 Å². The van der Waals surface area contributed by atoms with E-state index < -0.39 is 29.1 Å². The summed E-state index contributed by atoms with van der Waals surface area (Å²) in [6.45, 7) is 1.68. The number of benzene rings is 1. The summed E-state index contributed by atoms with van der Waals surface area (Å²) < 4.78 is 60.8. The quantitative estimate of drug-likeness (QED) is 0.404. The molecule has 1 aliphatic rings. The Bertz CT molecular complexity index is 1190. The lowest BCUT2D eigenvalue weighted by molar-refractivity contribution is -0.137. The van der Waals surface area contributed by atoms with Crippen LogP contribution in [0.4, 0.5) is 22.4 Å². The van der Waals surface area contributed by atoms with Crippen LogP contribution in [0, 0.1) is 12.7 Å². The van der Waals surface area contributed by atoms with Crippen molar-refractivity contribution < 1.29 is 26.9 Å². The van der Waals surface area contributed by atoms with Crippen molar-refractivity contribution in [3.63, 3.8) is 0 Å². The molecule has 3 aromatic rings. The Labute approximate surface area is 204 Å². The van der Waals surface area contributed by atoms with Gasteiger partial charge in [-0.25, -0.2) is 9.18 Å². The molecule has 1 unspecified atom stereocenters. The molecule has 0 aliphatic heterocycles. The first kappa shape index (κ1) is 25.0. The van der Waals surface area contributed by atoms with Gasteiger partial charge in [0.15, 0.2) is 0 Å². The molecule has 35 heavy (non-hydrogen) atoms. The number of alkyl halides is 3. The number of aryl methyl sites for hydroxylation is 1. The topological polar surface area (TPSA) is 80.0 Å². The van der Waals surface area contributed by atoms with Gasteiger partial charge in [0.05, 0.1) is 22.0 Å². The molecule has 0 bridgehead atoms. The maximum Gasteiger partial charge on any atom is 0.416 e. The van der Waals surface area contributed by atoms with Crippen LogP contribution in [-0.4, -0.2) is 22.2 Å². The van der Waals surface area contributed by atoms with Crippen molar-refractivity contribution in [1.29, 1.82) is 0 Å². The molecule has 2 N–H and O–H groups in total. The van der Waals surface area contributed by atoms with E-state index in [1.807, 2.05) is 0 Å². The fourth-order valence-corrected chi connectivity index (χ4v) is 4.51. The minimum absolute atomic E-state index is 0.0725. The van der Waals surface area contributed by atoms with Crippen molar-refractivity contribution in [3.8, 4) is 0 Å². The monoisotopic (exact) mass is 510 g/mol. The third kappa shape index (κ3) is 5.75. The molecule has 1 saturated carbocycles. The van der Waals surface area contributed by atoms with E-state index in [2.05, 4.69) is 20.8 Å². The Balaban J connectivity index is 1.88. The molecule has 2 heterocycles. The molecule has 4 rings (SSSR count). The van der Waals surface area contributed by atoms with E-state index in [0.717, 1.165) is 37.8 Å². The largest absolute Gasteiger partial charge is 0.416 e. The zero-order chi connectivity index (χ0) is 25.2. The molecule has 186 valence electrons. The molecule has 1 aromatic carbocycles.